The molecule has 1 aliphatic carbocycles. The first-order valence-corrected chi connectivity index (χ1v) is 12.7. The summed E-state index contributed by atoms with van der Waals surface area (Å²) in [5.41, 5.74) is 0.884. The number of thiazole rings is 1. The minimum Gasteiger partial charge on any atom is -0.473 e. The molecular weight excluding hydrogens is 484 g/mol. The number of ether oxygens (including phenoxy) is 1. The fraction of sp³-hybridized carbons (Fsp3) is 0.174. The van der Waals surface area contributed by atoms with Crippen molar-refractivity contribution in [1.82, 2.24) is 9.97 Å². The molecule has 1 unspecified atom stereocenters. The second-order valence-electron chi connectivity index (χ2n) is 7.72. The number of hydrogen-bond acceptors (Lipinski definition) is 7. The average molecular weight is 502 g/mol. The maximum absolute atomic E-state index is 14.3. The zero-order valence-electron chi connectivity index (χ0n) is 17.4. The molecule has 0 radical (unpaired) electrons. The molecule has 0 spiro atoms. The van der Waals surface area contributed by atoms with E-state index in [0.717, 1.165) is 23.5 Å². The van der Waals surface area contributed by atoms with Crippen LogP contribution in [0.25, 0.3) is 10.3 Å². The Labute approximate surface area is 197 Å². The van der Waals surface area contributed by atoms with Crippen LogP contribution in [0.2, 0.25) is 0 Å². The molecule has 0 aliphatic heterocycles. The largest absolute Gasteiger partial charge is 0.473 e. The zero-order chi connectivity index (χ0) is 23.9. The topological polar surface area (TPSA) is 98.2 Å². The SMILES string of the molecule is O=C(Nc1nc2cccnc2s1)C(Oc1ccc(F)cc1F)c1ccc(S(=O)(=O)C2CC2)cc1. The van der Waals surface area contributed by atoms with Crippen LogP contribution in [0.3, 0.4) is 0 Å². The van der Waals surface area contributed by atoms with Gasteiger partial charge in [0.15, 0.2) is 26.5 Å². The normalized spacial score (nSPS) is 14.6. The molecule has 1 N–H and O–H groups in total. The smallest absolute Gasteiger partial charge is 0.271 e. The molecule has 7 nitrogen and oxygen atoms in total. The van der Waals surface area contributed by atoms with Gasteiger partial charge < -0.3 is 4.74 Å². The summed E-state index contributed by atoms with van der Waals surface area (Å²) in [7, 11) is -3.42. The summed E-state index contributed by atoms with van der Waals surface area (Å²) >= 11 is 1.15. The Morgan fingerprint density at radius 2 is 1.88 bits per heavy atom. The third-order valence-corrected chi connectivity index (χ3v) is 8.42. The van der Waals surface area contributed by atoms with E-state index < -0.39 is 33.5 Å². The van der Waals surface area contributed by atoms with Crippen LogP contribution in [0.4, 0.5) is 13.9 Å². The van der Waals surface area contributed by atoms with Crippen LogP contribution in [-0.4, -0.2) is 29.5 Å². The van der Waals surface area contributed by atoms with Crippen molar-refractivity contribution < 1.29 is 26.7 Å². The molecule has 5 rings (SSSR count). The van der Waals surface area contributed by atoms with Crippen molar-refractivity contribution in [2.75, 3.05) is 5.32 Å². The van der Waals surface area contributed by atoms with Gasteiger partial charge in [-0.25, -0.2) is 27.2 Å². The first kappa shape index (κ1) is 22.4. The highest BCUT2D eigenvalue weighted by Gasteiger charge is 2.37. The molecule has 2 heterocycles. The summed E-state index contributed by atoms with van der Waals surface area (Å²) in [5, 5.41) is 2.53. The molecule has 11 heteroatoms. The summed E-state index contributed by atoms with van der Waals surface area (Å²) in [4.78, 5) is 22.4. The number of carbonyl (C=O) groups excluding carboxylic acids is 1. The Morgan fingerprint density at radius 3 is 2.56 bits per heavy atom. The molecule has 2 aromatic carbocycles. The molecule has 2 aromatic heterocycles. The highest BCUT2D eigenvalue weighted by molar-refractivity contribution is 7.92. The fourth-order valence-corrected chi connectivity index (χ4v) is 5.84. The van der Waals surface area contributed by atoms with Gasteiger partial charge in [0.25, 0.3) is 5.91 Å². The maximum Gasteiger partial charge on any atom is 0.271 e. The number of rotatable bonds is 7. The molecule has 1 saturated carbocycles. The van der Waals surface area contributed by atoms with Crippen molar-refractivity contribution in [2.45, 2.75) is 29.1 Å². The average Bonchev–Trinajstić information content (AvgIpc) is 3.60. The molecule has 0 saturated heterocycles. The van der Waals surface area contributed by atoms with Gasteiger partial charge in [-0.3, -0.25) is 10.1 Å². The first-order valence-electron chi connectivity index (χ1n) is 10.3. The van der Waals surface area contributed by atoms with Crippen LogP contribution in [0.15, 0.2) is 65.7 Å². The van der Waals surface area contributed by atoms with Gasteiger partial charge >= 0.3 is 0 Å². The zero-order valence-corrected chi connectivity index (χ0v) is 19.1. The maximum atomic E-state index is 14.3. The van der Waals surface area contributed by atoms with Crippen LogP contribution in [0.1, 0.15) is 24.5 Å². The molecule has 0 bridgehead atoms. The van der Waals surface area contributed by atoms with Gasteiger partial charge in [0, 0.05) is 17.8 Å². The second-order valence-corrected chi connectivity index (χ2v) is 10.9. The lowest BCUT2D eigenvalue weighted by Gasteiger charge is -2.19. The third-order valence-electron chi connectivity index (χ3n) is 5.25. The van der Waals surface area contributed by atoms with Gasteiger partial charge in [0.2, 0.25) is 6.10 Å². The quantitative estimate of drug-likeness (QED) is 0.395. The Balaban J connectivity index is 1.46. The van der Waals surface area contributed by atoms with E-state index in [1.54, 1.807) is 18.3 Å². The van der Waals surface area contributed by atoms with Gasteiger partial charge in [0.1, 0.15) is 16.2 Å². The van der Waals surface area contributed by atoms with E-state index >= 15 is 0 Å². The van der Waals surface area contributed by atoms with Crippen LogP contribution in [0, 0.1) is 11.6 Å². The number of anilines is 1. The lowest BCUT2D eigenvalue weighted by atomic mass is 10.1. The van der Waals surface area contributed by atoms with Crippen molar-refractivity contribution in [2.24, 2.45) is 0 Å². The van der Waals surface area contributed by atoms with Crippen molar-refractivity contribution in [3.05, 3.63) is 78.0 Å². The van der Waals surface area contributed by atoms with E-state index in [-0.39, 0.29) is 26.6 Å². The molecule has 174 valence electrons. The van der Waals surface area contributed by atoms with Crippen molar-refractivity contribution in [3.8, 4) is 5.75 Å². The van der Waals surface area contributed by atoms with E-state index in [9.17, 15) is 22.0 Å². The predicted octanol–water partition coefficient (Wildman–Crippen LogP) is 4.66. The van der Waals surface area contributed by atoms with Crippen LogP contribution < -0.4 is 10.1 Å². The van der Waals surface area contributed by atoms with Crippen molar-refractivity contribution in [3.63, 3.8) is 0 Å². The van der Waals surface area contributed by atoms with Crippen LogP contribution in [0.5, 0.6) is 5.75 Å². The van der Waals surface area contributed by atoms with Gasteiger partial charge in [-0.1, -0.05) is 23.5 Å². The predicted molar refractivity (Wildman–Crippen MR) is 122 cm³/mol. The lowest BCUT2D eigenvalue weighted by Crippen LogP contribution is -2.26. The Kier molecular flexibility index (Phi) is 5.74. The number of nitrogens with zero attached hydrogens (tertiary/aromatic N) is 2. The third kappa shape index (κ3) is 4.48. The molecule has 1 aliphatic rings. The minimum atomic E-state index is -3.42. The van der Waals surface area contributed by atoms with Gasteiger partial charge in [-0.15, -0.1) is 0 Å². The van der Waals surface area contributed by atoms with Crippen molar-refractivity contribution >= 4 is 42.6 Å². The number of sulfone groups is 1. The Bertz CT molecular complexity index is 1450. The summed E-state index contributed by atoms with van der Waals surface area (Å²) in [6, 6.07) is 11.9. The molecule has 34 heavy (non-hydrogen) atoms. The number of benzene rings is 2. The number of carbonyl (C=O) groups is 1. The first-order chi connectivity index (χ1) is 16.3. The van der Waals surface area contributed by atoms with Crippen LogP contribution in [-0.2, 0) is 14.6 Å². The number of pyridine rings is 1. The molecular formula is C23H17F2N3O4S2. The number of halogens is 2. The van der Waals surface area contributed by atoms with E-state index in [4.69, 9.17) is 4.74 Å². The van der Waals surface area contributed by atoms with Gasteiger partial charge in [-0.2, -0.15) is 0 Å². The van der Waals surface area contributed by atoms with E-state index in [1.807, 2.05) is 0 Å². The molecule has 1 atom stereocenters. The lowest BCUT2D eigenvalue weighted by molar-refractivity contribution is -0.123. The minimum absolute atomic E-state index is 0.142. The van der Waals surface area contributed by atoms with Gasteiger partial charge in [0.05, 0.1) is 10.1 Å². The molecule has 1 amide bonds. The summed E-state index contributed by atoms with van der Waals surface area (Å²) in [6.45, 7) is 0. The molecule has 4 aromatic rings. The summed E-state index contributed by atoms with van der Waals surface area (Å²) in [6.07, 6.45) is 1.49. The second kappa shape index (κ2) is 8.73. The number of nitrogens with one attached hydrogen (secondary N) is 1. The number of amides is 1. The Morgan fingerprint density at radius 1 is 1.12 bits per heavy atom. The molecule has 1 fully saturated rings. The Hall–Kier alpha value is -3.44. The highest BCUT2D eigenvalue weighted by Crippen LogP contribution is 2.34. The van der Waals surface area contributed by atoms with Gasteiger partial charge in [-0.05, 0) is 49.2 Å². The highest BCUT2D eigenvalue weighted by atomic mass is 32.2. The number of aromatic nitrogens is 2. The van der Waals surface area contributed by atoms with Crippen molar-refractivity contribution in [1.29, 1.82) is 0 Å². The number of fused-ring (bicyclic) bond motifs is 1. The fourth-order valence-electron chi connectivity index (χ4n) is 3.37. The van der Waals surface area contributed by atoms with E-state index in [2.05, 4.69) is 15.3 Å². The van der Waals surface area contributed by atoms with E-state index in [1.165, 1.54) is 24.3 Å². The summed E-state index contributed by atoms with van der Waals surface area (Å²) in [5.74, 6) is -2.76. The van der Waals surface area contributed by atoms with E-state index in [0.29, 0.717) is 29.3 Å². The number of hydrogen-bond donors (Lipinski definition) is 1. The standard InChI is InChI=1S/C23H17F2N3O4S2/c24-14-5-10-19(17(25)12-14)32-20(13-3-6-15(7-4-13)34(30,31)16-8-9-16)21(29)28-23-27-18-2-1-11-26-22(18)33-23/h1-7,10-12,16,20H,8-9H2,(H,27,28,29). The van der Waals surface area contributed by atoms with Crippen LogP contribution >= 0.6 is 11.3 Å². The monoisotopic (exact) mass is 501 g/mol. The summed E-state index contributed by atoms with van der Waals surface area (Å²) < 4.78 is 58.2.